The van der Waals surface area contributed by atoms with Gasteiger partial charge in [0.25, 0.3) is 0 Å². The van der Waals surface area contributed by atoms with E-state index in [1.165, 1.54) is 30.3 Å². The highest BCUT2D eigenvalue weighted by atomic mass is 32.2. The Morgan fingerprint density at radius 1 is 1.21 bits per heavy atom. The van der Waals surface area contributed by atoms with Gasteiger partial charge in [-0.25, -0.2) is 12.8 Å². The molecule has 1 aliphatic rings. The lowest BCUT2D eigenvalue weighted by atomic mass is 10.0. The molecule has 2 heterocycles. The number of nitrogens with zero attached hydrogens (tertiary/aromatic N) is 2. The van der Waals surface area contributed by atoms with Gasteiger partial charge in [-0.2, -0.15) is 13.2 Å². The Morgan fingerprint density at radius 2 is 2.03 bits per heavy atom. The molecular formula is C27H30F4N4O3S. The van der Waals surface area contributed by atoms with Gasteiger partial charge in [0.05, 0.1) is 45.5 Å². The summed E-state index contributed by atoms with van der Waals surface area (Å²) in [5.74, 6) is 5.11. The number of methoxy groups -OCH3 is 1. The number of hydrogen-bond acceptors (Lipinski definition) is 6. The molecule has 0 saturated carbocycles. The van der Waals surface area contributed by atoms with Crippen LogP contribution in [0.1, 0.15) is 20.3 Å². The molecule has 1 fully saturated rings. The molecule has 39 heavy (non-hydrogen) atoms. The molecule has 0 amide bonds. The number of fused-ring (bicyclic) bond motifs is 1. The van der Waals surface area contributed by atoms with E-state index >= 15 is 0 Å². The van der Waals surface area contributed by atoms with E-state index in [4.69, 9.17) is 13.0 Å². The molecule has 2 N–H and O–H groups in total. The first-order valence-corrected chi connectivity index (χ1v) is 13.7. The van der Waals surface area contributed by atoms with Crippen molar-refractivity contribution >= 4 is 32.1 Å². The summed E-state index contributed by atoms with van der Waals surface area (Å²) < 4.78 is 130. The van der Waals surface area contributed by atoms with E-state index in [-0.39, 0.29) is 53.6 Å². The molecule has 4 rings (SSSR count). The second-order valence-electron chi connectivity index (χ2n) is 9.16. The fourth-order valence-electron chi connectivity index (χ4n) is 4.37. The minimum Gasteiger partial charge on any atom is -0.495 e. The molecule has 2 aromatic carbocycles. The minimum absolute atomic E-state index is 0.00113. The summed E-state index contributed by atoms with van der Waals surface area (Å²) in [7, 11) is -6.57. The van der Waals surface area contributed by atoms with Crippen LogP contribution < -0.4 is 15.4 Å². The number of piperidine rings is 1. The first-order valence-electron chi connectivity index (χ1n) is 14.8. The summed E-state index contributed by atoms with van der Waals surface area (Å²) in [6, 6.07) is 8.83. The molecule has 0 aliphatic carbocycles. The van der Waals surface area contributed by atoms with Crippen molar-refractivity contribution in [1.29, 1.82) is 0 Å². The third kappa shape index (κ3) is 6.96. The molecule has 1 saturated heterocycles. The van der Waals surface area contributed by atoms with E-state index in [2.05, 4.69) is 22.5 Å². The van der Waals surface area contributed by atoms with Crippen LogP contribution in [0, 0.1) is 11.8 Å². The van der Waals surface area contributed by atoms with Crippen LogP contribution in [0.15, 0.2) is 47.4 Å². The molecule has 1 aliphatic heterocycles. The number of halogens is 4. The molecule has 3 aromatic rings. The first-order chi connectivity index (χ1) is 20.7. The van der Waals surface area contributed by atoms with Gasteiger partial charge in [0.15, 0.2) is 9.84 Å². The predicted octanol–water partition coefficient (Wildman–Crippen LogP) is 4.53. The molecule has 0 radical (unpaired) electrons. The smallest absolute Gasteiger partial charge is 0.406 e. The van der Waals surface area contributed by atoms with Gasteiger partial charge in [0.1, 0.15) is 18.5 Å². The number of likely N-dealkylation sites (tertiary alicyclic amines) is 1. The van der Waals surface area contributed by atoms with Crippen molar-refractivity contribution in [2.24, 2.45) is 0 Å². The van der Waals surface area contributed by atoms with Crippen LogP contribution in [0.3, 0.4) is 0 Å². The van der Waals surface area contributed by atoms with Crippen LogP contribution in [0.2, 0.25) is 0 Å². The van der Waals surface area contributed by atoms with Crippen LogP contribution in [-0.4, -0.2) is 76.2 Å². The van der Waals surface area contributed by atoms with Crippen LogP contribution in [0.25, 0.3) is 10.9 Å². The third-order valence-corrected chi connectivity index (χ3v) is 7.35. The van der Waals surface area contributed by atoms with E-state index < -0.39 is 48.8 Å². The Labute approximate surface area is 233 Å². The Balaban J connectivity index is 1.61. The second-order valence-corrected chi connectivity index (χ2v) is 11.2. The molecule has 2 atom stereocenters. The molecule has 210 valence electrons. The van der Waals surface area contributed by atoms with E-state index in [1.807, 2.05) is 0 Å². The molecule has 0 spiro atoms. The predicted molar refractivity (Wildman–Crippen MR) is 144 cm³/mol. The number of nitrogens with one attached hydrogen (secondary N) is 2. The normalized spacial score (nSPS) is 21.4. The van der Waals surface area contributed by atoms with Crippen molar-refractivity contribution in [3.63, 3.8) is 0 Å². The number of anilines is 2. The fraction of sp³-hybridized carbons (Fsp3) is 0.407. The largest absolute Gasteiger partial charge is 0.495 e. The summed E-state index contributed by atoms with van der Waals surface area (Å²) in [5.41, 5.74) is 0.649. The number of aromatic nitrogens is 1. The van der Waals surface area contributed by atoms with Gasteiger partial charge in [-0.15, -0.1) is 0 Å². The number of rotatable bonds is 7. The highest BCUT2D eigenvalue weighted by Gasteiger charge is 2.31. The van der Waals surface area contributed by atoms with Gasteiger partial charge in [-0.3, -0.25) is 0 Å². The average Bonchev–Trinajstić information content (AvgIpc) is 3.23. The highest BCUT2D eigenvalue weighted by Crippen LogP contribution is 2.32. The molecule has 7 nitrogen and oxygen atoms in total. The van der Waals surface area contributed by atoms with Crippen LogP contribution >= 0.6 is 0 Å². The molecule has 12 heteroatoms. The third-order valence-electron chi connectivity index (χ3n) is 6.24. The van der Waals surface area contributed by atoms with Crippen molar-refractivity contribution in [3.05, 3.63) is 48.2 Å². The molecular weight excluding hydrogens is 536 g/mol. The summed E-state index contributed by atoms with van der Waals surface area (Å²) in [5, 5.41) is 6.19. The Kier molecular flexibility index (Phi) is 6.23. The van der Waals surface area contributed by atoms with Crippen molar-refractivity contribution in [1.82, 2.24) is 9.47 Å². The van der Waals surface area contributed by atoms with Gasteiger partial charge in [0, 0.05) is 40.6 Å². The SMILES string of the molecule is [2H]C([2H])([2H])Oc1cc(S(C)(=O)=O)ccc1NCC#Cc1cc2c(N[C@@H]3CCN(C([2H])([2H])[2H])C[C@@H]3F)cccc2n1CC(F)(F)F. The Morgan fingerprint density at radius 3 is 2.72 bits per heavy atom. The van der Waals surface area contributed by atoms with Crippen molar-refractivity contribution in [2.45, 2.75) is 36.3 Å². The minimum atomic E-state index is -4.60. The van der Waals surface area contributed by atoms with E-state index in [0.717, 1.165) is 21.8 Å². The van der Waals surface area contributed by atoms with Crippen LogP contribution in [-0.2, 0) is 16.4 Å². The molecule has 0 bridgehead atoms. The summed E-state index contributed by atoms with van der Waals surface area (Å²) >= 11 is 0. The fourth-order valence-corrected chi connectivity index (χ4v) is 5.01. The Hall–Kier alpha value is -3.43. The summed E-state index contributed by atoms with van der Waals surface area (Å²) in [4.78, 5) is 0.886. The quantitative estimate of drug-likeness (QED) is 0.320. The average molecular weight is 573 g/mol. The van der Waals surface area contributed by atoms with E-state index in [1.54, 1.807) is 6.07 Å². The maximum absolute atomic E-state index is 15.0. The molecule has 0 unspecified atom stereocenters. The lowest BCUT2D eigenvalue weighted by Gasteiger charge is -2.33. The number of ether oxygens (including phenoxy) is 1. The number of alkyl halides is 4. The van der Waals surface area contributed by atoms with Gasteiger partial charge in [-0.05, 0) is 49.6 Å². The zero-order valence-electron chi connectivity index (χ0n) is 26.8. The van der Waals surface area contributed by atoms with Crippen molar-refractivity contribution < 1.29 is 38.9 Å². The highest BCUT2D eigenvalue weighted by molar-refractivity contribution is 7.90. The molecule has 1 aromatic heterocycles. The number of benzene rings is 2. The van der Waals surface area contributed by atoms with Gasteiger partial charge in [-0.1, -0.05) is 12.0 Å². The number of sulfone groups is 1. The maximum Gasteiger partial charge on any atom is 0.406 e. The van der Waals surface area contributed by atoms with Crippen molar-refractivity contribution in [3.8, 4) is 17.6 Å². The van der Waals surface area contributed by atoms with Crippen molar-refractivity contribution in [2.75, 3.05) is 50.5 Å². The van der Waals surface area contributed by atoms with Crippen LogP contribution in [0.5, 0.6) is 5.75 Å². The van der Waals surface area contributed by atoms with E-state index in [9.17, 15) is 26.0 Å². The lowest BCUT2D eigenvalue weighted by molar-refractivity contribution is -0.140. The Bertz CT molecular complexity index is 1720. The second kappa shape index (κ2) is 11.4. The summed E-state index contributed by atoms with van der Waals surface area (Å²) in [6.07, 6.45) is -5.03. The van der Waals surface area contributed by atoms with Gasteiger partial charge in [0.2, 0.25) is 0 Å². The zero-order valence-corrected chi connectivity index (χ0v) is 21.6. The first kappa shape index (κ1) is 21.4. The summed E-state index contributed by atoms with van der Waals surface area (Å²) in [6.45, 7) is -4.18. The topological polar surface area (TPSA) is 75.6 Å². The number of hydrogen-bond donors (Lipinski definition) is 2. The lowest BCUT2D eigenvalue weighted by Crippen LogP contribution is -2.46. The van der Waals surface area contributed by atoms with E-state index in [0.29, 0.717) is 11.1 Å². The zero-order chi connectivity index (χ0) is 33.4. The van der Waals surface area contributed by atoms with Crippen LogP contribution in [0.4, 0.5) is 28.9 Å². The van der Waals surface area contributed by atoms with Gasteiger partial charge < -0.3 is 24.8 Å². The maximum atomic E-state index is 15.0. The standard InChI is InChI=1S/C27H30F4N4O3S/c1-34-13-11-23(21(28)16-34)33-22-7-4-8-25-20(22)14-18(35(25)17-27(29,30)31)6-5-12-32-24-10-9-19(39(3,36)37)15-26(24)38-2/h4,7-10,14-15,21,23,32-33H,11-13,16-17H2,1-3H3/t21-,23+/m0/s1/i1D3,2D3. The van der Waals surface area contributed by atoms with Gasteiger partial charge >= 0.3 is 6.18 Å². The monoisotopic (exact) mass is 572 g/mol.